The van der Waals surface area contributed by atoms with E-state index in [4.69, 9.17) is 0 Å². The van der Waals surface area contributed by atoms with Crippen molar-refractivity contribution in [3.05, 3.63) is 29.3 Å². The van der Waals surface area contributed by atoms with Crippen LogP contribution in [-0.4, -0.2) is 6.04 Å². The molecule has 0 radical (unpaired) electrons. The van der Waals surface area contributed by atoms with Crippen molar-refractivity contribution < 1.29 is 0 Å². The third-order valence-corrected chi connectivity index (χ3v) is 5.11. The summed E-state index contributed by atoms with van der Waals surface area (Å²) >= 11 is 0. The maximum Gasteiger partial charge on any atom is 0.101 e. The zero-order chi connectivity index (χ0) is 13.4. The molecule has 0 saturated heterocycles. The van der Waals surface area contributed by atoms with Gasteiger partial charge in [0.1, 0.15) is 6.07 Å². The van der Waals surface area contributed by atoms with Crippen molar-refractivity contribution in [2.24, 2.45) is 17.8 Å². The summed E-state index contributed by atoms with van der Waals surface area (Å²) in [4.78, 5) is 0. The number of hydrogen-bond acceptors (Lipinski definition) is 2. The average Bonchev–Trinajstić information content (AvgIpc) is 3.01. The topological polar surface area (TPSA) is 35.8 Å². The lowest BCUT2D eigenvalue weighted by Crippen LogP contribution is -2.30. The van der Waals surface area contributed by atoms with Crippen LogP contribution in [0.5, 0.6) is 0 Å². The first-order valence-electron chi connectivity index (χ1n) is 7.44. The van der Waals surface area contributed by atoms with Gasteiger partial charge in [0.25, 0.3) is 0 Å². The van der Waals surface area contributed by atoms with Gasteiger partial charge in [-0.2, -0.15) is 5.26 Å². The largest absolute Gasteiger partial charge is 0.381 e. The fourth-order valence-electron chi connectivity index (χ4n) is 4.13. The maximum absolute atomic E-state index is 9.20. The molecule has 2 heteroatoms. The molecule has 2 aliphatic carbocycles. The molecule has 4 unspecified atom stereocenters. The summed E-state index contributed by atoms with van der Waals surface area (Å²) < 4.78 is 0. The van der Waals surface area contributed by atoms with E-state index in [1.807, 2.05) is 12.1 Å². The summed E-state index contributed by atoms with van der Waals surface area (Å²) in [6, 6.07) is 8.79. The third kappa shape index (κ3) is 2.34. The number of fused-ring (bicyclic) bond motifs is 2. The van der Waals surface area contributed by atoms with Crippen LogP contribution in [0.3, 0.4) is 0 Å². The van der Waals surface area contributed by atoms with Crippen LogP contribution in [0, 0.1) is 36.0 Å². The van der Waals surface area contributed by atoms with Crippen LogP contribution in [0.2, 0.25) is 0 Å². The van der Waals surface area contributed by atoms with Crippen LogP contribution in [-0.2, 0) is 0 Å². The Hall–Kier alpha value is -1.49. The highest BCUT2D eigenvalue weighted by Gasteiger charge is 2.41. The van der Waals surface area contributed by atoms with Gasteiger partial charge in [0.2, 0.25) is 0 Å². The highest BCUT2D eigenvalue weighted by Crippen LogP contribution is 2.49. The van der Waals surface area contributed by atoms with Gasteiger partial charge in [-0.15, -0.1) is 0 Å². The second-order valence-electron chi connectivity index (χ2n) is 6.43. The Labute approximate surface area is 115 Å². The molecule has 100 valence electrons. The molecule has 0 aliphatic heterocycles. The summed E-state index contributed by atoms with van der Waals surface area (Å²) in [5, 5.41) is 12.8. The summed E-state index contributed by atoms with van der Waals surface area (Å²) in [7, 11) is 0. The Kier molecular flexibility index (Phi) is 3.22. The fraction of sp³-hybridized carbons (Fsp3) is 0.588. The SMILES string of the molecule is Cc1ccc(C#N)c(NC(C)C2CC3CCC2C3)c1. The number of anilines is 1. The molecule has 1 N–H and O–H groups in total. The Bertz CT molecular complexity index is 514. The lowest BCUT2D eigenvalue weighted by molar-refractivity contribution is 0.304. The lowest BCUT2D eigenvalue weighted by atomic mass is 9.84. The zero-order valence-electron chi connectivity index (χ0n) is 11.8. The Morgan fingerprint density at radius 1 is 1.32 bits per heavy atom. The summed E-state index contributed by atoms with van der Waals surface area (Å²) in [6.07, 6.45) is 5.68. The van der Waals surface area contributed by atoms with E-state index in [-0.39, 0.29) is 0 Å². The Morgan fingerprint density at radius 3 is 2.79 bits per heavy atom. The van der Waals surface area contributed by atoms with Crippen molar-refractivity contribution in [2.75, 3.05) is 5.32 Å². The van der Waals surface area contributed by atoms with Gasteiger partial charge in [0.15, 0.2) is 0 Å². The summed E-state index contributed by atoms with van der Waals surface area (Å²) in [6.45, 7) is 4.36. The van der Waals surface area contributed by atoms with E-state index >= 15 is 0 Å². The maximum atomic E-state index is 9.20. The number of nitrogens with one attached hydrogen (secondary N) is 1. The summed E-state index contributed by atoms with van der Waals surface area (Å²) in [5.74, 6) is 2.70. The minimum Gasteiger partial charge on any atom is -0.381 e. The van der Waals surface area contributed by atoms with Gasteiger partial charge in [-0.25, -0.2) is 0 Å². The number of rotatable bonds is 3. The number of benzene rings is 1. The first-order valence-corrected chi connectivity index (χ1v) is 7.44. The number of aryl methyl sites for hydroxylation is 1. The molecular weight excluding hydrogens is 232 g/mol. The molecule has 0 aromatic heterocycles. The minimum absolute atomic E-state index is 0.476. The molecule has 2 saturated carbocycles. The Balaban J connectivity index is 1.74. The van der Waals surface area contributed by atoms with E-state index < -0.39 is 0 Å². The molecule has 4 atom stereocenters. The van der Waals surface area contributed by atoms with Gasteiger partial charge >= 0.3 is 0 Å². The molecule has 0 spiro atoms. The molecule has 2 fully saturated rings. The quantitative estimate of drug-likeness (QED) is 0.881. The van der Waals surface area contributed by atoms with Crippen LogP contribution in [0.25, 0.3) is 0 Å². The van der Waals surface area contributed by atoms with Gasteiger partial charge in [0.05, 0.1) is 11.3 Å². The zero-order valence-corrected chi connectivity index (χ0v) is 11.8. The van der Waals surface area contributed by atoms with E-state index in [2.05, 4.69) is 31.3 Å². The first kappa shape index (κ1) is 12.5. The average molecular weight is 254 g/mol. The van der Waals surface area contributed by atoms with Crippen molar-refractivity contribution in [3.63, 3.8) is 0 Å². The normalized spacial score (nSPS) is 30.1. The molecule has 1 aromatic carbocycles. The van der Waals surface area contributed by atoms with Crippen LogP contribution in [0.1, 0.15) is 43.7 Å². The molecule has 0 heterocycles. The molecule has 0 amide bonds. The molecule has 2 aliphatic rings. The lowest BCUT2D eigenvalue weighted by Gasteiger charge is -2.29. The van der Waals surface area contributed by atoms with E-state index in [1.54, 1.807) is 0 Å². The predicted molar refractivity (Wildman–Crippen MR) is 77.9 cm³/mol. The van der Waals surface area contributed by atoms with Gasteiger partial charge < -0.3 is 5.32 Å². The van der Waals surface area contributed by atoms with Crippen molar-refractivity contribution in [1.29, 1.82) is 5.26 Å². The van der Waals surface area contributed by atoms with Crippen LogP contribution >= 0.6 is 0 Å². The molecule has 2 nitrogen and oxygen atoms in total. The predicted octanol–water partition coefficient (Wildman–Crippen LogP) is 4.10. The molecule has 1 aromatic rings. The van der Waals surface area contributed by atoms with Gasteiger partial charge in [-0.3, -0.25) is 0 Å². The van der Waals surface area contributed by atoms with Crippen molar-refractivity contribution in [2.45, 2.75) is 45.6 Å². The fourth-order valence-corrected chi connectivity index (χ4v) is 4.13. The van der Waals surface area contributed by atoms with Crippen molar-refractivity contribution in [1.82, 2.24) is 0 Å². The second kappa shape index (κ2) is 4.89. The van der Waals surface area contributed by atoms with E-state index in [9.17, 15) is 5.26 Å². The molecule has 3 rings (SSSR count). The van der Waals surface area contributed by atoms with E-state index in [0.29, 0.717) is 6.04 Å². The van der Waals surface area contributed by atoms with Crippen LogP contribution in [0.15, 0.2) is 18.2 Å². The molecule has 2 bridgehead atoms. The monoisotopic (exact) mass is 254 g/mol. The highest BCUT2D eigenvalue weighted by atomic mass is 14.9. The highest BCUT2D eigenvalue weighted by molar-refractivity contribution is 5.59. The van der Waals surface area contributed by atoms with Crippen molar-refractivity contribution in [3.8, 4) is 6.07 Å². The van der Waals surface area contributed by atoms with E-state index in [0.717, 1.165) is 29.0 Å². The summed E-state index contributed by atoms with van der Waals surface area (Å²) in [5.41, 5.74) is 2.99. The van der Waals surface area contributed by atoms with E-state index in [1.165, 1.54) is 31.2 Å². The smallest absolute Gasteiger partial charge is 0.101 e. The molecule has 19 heavy (non-hydrogen) atoms. The standard InChI is InChI=1S/C17H22N2/c1-11-3-5-15(10-18)17(7-11)19-12(2)16-9-13-4-6-14(16)8-13/h3,5,7,12-14,16,19H,4,6,8-9H2,1-2H3. The second-order valence-corrected chi connectivity index (χ2v) is 6.43. The number of hydrogen-bond donors (Lipinski definition) is 1. The number of nitrogens with zero attached hydrogens (tertiary/aromatic N) is 1. The van der Waals surface area contributed by atoms with Gasteiger partial charge in [-0.1, -0.05) is 12.5 Å². The van der Waals surface area contributed by atoms with Crippen LogP contribution in [0.4, 0.5) is 5.69 Å². The van der Waals surface area contributed by atoms with Crippen LogP contribution < -0.4 is 5.32 Å². The third-order valence-electron chi connectivity index (χ3n) is 5.11. The van der Waals surface area contributed by atoms with Crippen molar-refractivity contribution >= 4 is 5.69 Å². The minimum atomic E-state index is 0.476. The number of nitriles is 1. The first-order chi connectivity index (χ1) is 9.17. The molecular formula is C17H22N2. The Morgan fingerprint density at radius 2 is 2.16 bits per heavy atom. The van der Waals surface area contributed by atoms with Gasteiger partial charge in [0, 0.05) is 6.04 Å². The van der Waals surface area contributed by atoms with Gasteiger partial charge in [-0.05, 0) is 68.6 Å².